The highest BCUT2D eigenvalue weighted by Crippen LogP contribution is 2.23. The molecule has 1 heterocycles. The molecule has 0 amide bonds. The van der Waals surface area contributed by atoms with Crippen molar-refractivity contribution >= 4 is 11.3 Å². The maximum atomic E-state index is 2.29. The Morgan fingerprint density at radius 3 is 2.36 bits per heavy atom. The largest absolute Gasteiger partial charge is 0.149 e. The Morgan fingerprint density at radius 1 is 1.36 bits per heavy atom. The summed E-state index contributed by atoms with van der Waals surface area (Å²) in [6.07, 6.45) is 1.19. The third-order valence-electron chi connectivity index (χ3n) is 1.52. The Bertz CT molecular complexity index is 227. The lowest BCUT2D eigenvalue weighted by Crippen LogP contribution is -2.08. The van der Waals surface area contributed by atoms with Gasteiger partial charge in [0.1, 0.15) is 0 Å². The fourth-order valence-electron chi connectivity index (χ4n) is 1.20. The van der Waals surface area contributed by atoms with Gasteiger partial charge in [-0.3, -0.25) is 0 Å². The Morgan fingerprint density at radius 2 is 2.00 bits per heavy atom. The van der Waals surface area contributed by atoms with Crippen molar-refractivity contribution in [3.63, 3.8) is 0 Å². The molecule has 0 radical (unpaired) electrons. The fourth-order valence-corrected chi connectivity index (χ4v) is 1.91. The molecule has 62 valence electrons. The van der Waals surface area contributed by atoms with Crippen LogP contribution in [0, 0.1) is 12.3 Å². The number of rotatable bonds is 1. The first-order valence-electron chi connectivity index (χ1n) is 4.01. The fraction of sp³-hybridized carbons (Fsp3) is 0.600. The second-order valence-electron chi connectivity index (χ2n) is 4.30. The second kappa shape index (κ2) is 2.98. The second-order valence-corrected chi connectivity index (χ2v) is 5.42. The summed E-state index contributed by atoms with van der Waals surface area (Å²) < 4.78 is 0. The van der Waals surface area contributed by atoms with Crippen molar-refractivity contribution in [3.8, 4) is 0 Å². The van der Waals surface area contributed by atoms with Crippen LogP contribution in [0.5, 0.6) is 0 Å². The molecule has 0 unspecified atom stereocenters. The first kappa shape index (κ1) is 8.79. The molecule has 0 atom stereocenters. The monoisotopic (exact) mass is 168 g/mol. The zero-order chi connectivity index (χ0) is 8.48. The third kappa shape index (κ3) is 3.06. The van der Waals surface area contributed by atoms with Crippen LogP contribution in [0.25, 0.3) is 0 Å². The predicted molar refractivity (Wildman–Crippen MR) is 52.2 cm³/mol. The van der Waals surface area contributed by atoms with E-state index in [0.717, 1.165) is 0 Å². The van der Waals surface area contributed by atoms with Crippen LogP contribution in [-0.4, -0.2) is 0 Å². The summed E-state index contributed by atoms with van der Waals surface area (Å²) in [4.78, 5) is 1.42. The zero-order valence-electron chi connectivity index (χ0n) is 7.77. The van der Waals surface area contributed by atoms with Crippen LogP contribution in [0.15, 0.2) is 11.4 Å². The van der Waals surface area contributed by atoms with E-state index >= 15 is 0 Å². The topological polar surface area (TPSA) is 0 Å². The first-order valence-corrected chi connectivity index (χ1v) is 4.89. The average molecular weight is 168 g/mol. The van der Waals surface area contributed by atoms with Gasteiger partial charge < -0.3 is 0 Å². The molecule has 0 saturated carbocycles. The number of hydrogen-bond donors (Lipinski definition) is 0. The molecular formula is C10H16S. The molecule has 0 fully saturated rings. The maximum Gasteiger partial charge on any atom is 0.00170 e. The van der Waals surface area contributed by atoms with Gasteiger partial charge in [0.2, 0.25) is 0 Å². The van der Waals surface area contributed by atoms with Gasteiger partial charge in [-0.05, 0) is 35.8 Å². The van der Waals surface area contributed by atoms with Crippen molar-refractivity contribution in [3.05, 3.63) is 21.9 Å². The molecule has 0 nitrogen and oxygen atoms in total. The molecule has 0 N–H and O–H groups in total. The van der Waals surface area contributed by atoms with Crippen molar-refractivity contribution in [2.75, 3.05) is 0 Å². The van der Waals surface area contributed by atoms with E-state index in [2.05, 4.69) is 39.1 Å². The van der Waals surface area contributed by atoms with E-state index in [0.29, 0.717) is 5.41 Å². The van der Waals surface area contributed by atoms with Crippen molar-refractivity contribution in [1.29, 1.82) is 0 Å². The normalized spacial score (nSPS) is 12.0. The van der Waals surface area contributed by atoms with E-state index in [9.17, 15) is 0 Å². The smallest absolute Gasteiger partial charge is 0.00170 e. The summed E-state index contributed by atoms with van der Waals surface area (Å²) in [5.41, 5.74) is 1.91. The van der Waals surface area contributed by atoms with Gasteiger partial charge in [0.25, 0.3) is 0 Å². The van der Waals surface area contributed by atoms with Crippen molar-refractivity contribution < 1.29 is 0 Å². The average Bonchev–Trinajstić information content (AvgIpc) is 2.10. The van der Waals surface area contributed by atoms with Crippen LogP contribution in [0.2, 0.25) is 0 Å². The standard InChI is InChI=1S/C10H16S/c1-8-5-9(7-11-8)6-10(2,3)4/h5,7H,6H2,1-4H3. The molecule has 1 aromatic rings. The van der Waals surface area contributed by atoms with E-state index in [1.807, 2.05) is 11.3 Å². The molecule has 0 spiro atoms. The SMILES string of the molecule is Cc1cc(CC(C)(C)C)cs1. The summed E-state index contributed by atoms with van der Waals surface area (Å²) in [7, 11) is 0. The van der Waals surface area contributed by atoms with Gasteiger partial charge in [0, 0.05) is 4.88 Å². The minimum Gasteiger partial charge on any atom is -0.149 e. The molecule has 1 aromatic heterocycles. The van der Waals surface area contributed by atoms with Crippen molar-refractivity contribution in [2.24, 2.45) is 5.41 Å². The Kier molecular flexibility index (Phi) is 2.38. The van der Waals surface area contributed by atoms with Gasteiger partial charge in [0.15, 0.2) is 0 Å². The number of hydrogen-bond acceptors (Lipinski definition) is 1. The quantitative estimate of drug-likeness (QED) is 0.600. The summed E-state index contributed by atoms with van der Waals surface area (Å²) in [6.45, 7) is 9.00. The Labute approximate surface area is 73.3 Å². The molecule has 0 aliphatic heterocycles. The summed E-state index contributed by atoms with van der Waals surface area (Å²) in [6, 6.07) is 2.29. The van der Waals surface area contributed by atoms with Crippen LogP contribution >= 0.6 is 11.3 Å². The van der Waals surface area contributed by atoms with Crippen LogP contribution in [-0.2, 0) is 6.42 Å². The van der Waals surface area contributed by atoms with E-state index in [4.69, 9.17) is 0 Å². The van der Waals surface area contributed by atoms with E-state index in [1.165, 1.54) is 16.9 Å². The van der Waals surface area contributed by atoms with Gasteiger partial charge in [-0.25, -0.2) is 0 Å². The van der Waals surface area contributed by atoms with Crippen LogP contribution in [0.1, 0.15) is 31.2 Å². The van der Waals surface area contributed by atoms with Gasteiger partial charge in [-0.15, -0.1) is 11.3 Å². The molecule has 0 aliphatic rings. The van der Waals surface area contributed by atoms with Crippen LogP contribution in [0.3, 0.4) is 0 Å². The minimum absolute atomic E-state index is 0.424. The van der Waals surface area contributed by atoms with Gasteiger partial charge in [-0.2, -0.15) is 0 Å². The molecule has 0 aliphatic carbocycles. The van der Waals surface area contributed by atoms with E-state index in [-0.39, 0.29) is 0 Å². The molecule has 0 bridgehead atoms. The highest BCUT2D eigenvalue weighted by Gasteiger charge is 2.11. The van der Waals surface area contributed by atoms with Crippen LogP contribution in [0.4, 0.5) is 0 Å². The lowest BCUT2D eigenvalue weighted by atomic mass is 9.89. The van der Waals surface area contributed by atoms with E-state index in [1.54, 1.807) is 0 Å². The van der Waals surface area contributed by atoms with Gasteiger partial charge in [-0.1, -0.05) is 20.8 Å². The highest BCUT2D eigenvalue weighted by atomic mass is 32.1. The maximum absolute atomic E-state index is 2.29. The van der Waals surface area contributed by atoms with Crippen molar-refractivity contribution in [2.45, 2.75) is 34.1 Å². The van der Waals surface area contributed by atoms with Crippen molar-refractivity contribution in [1.82, 2.24) is 0 Å². The Hall–Kier alpha value is -0.300. The molecular weight excluding hydrogens is 152 g/mol. The highest BCUT2D eigenvalue weighted by molar-refractivity contribution is 7.10. The Balaban J connectivity index is 2.65. The first-order chi connectivity index (χ1) is 4.97. The predicted octanol–water partition coefficient (Wildman–Crippen LogP) is 3.65. The molecule has 11 heavy (non-hydrogen) atoms. The number of aryl methyl sites for hydroxylation is 1. The summed E-state index contributed by atoms with van der Waals surface area (Å²) in [5, 5.41) is 2.26. The summed E-state index contributed by atoms with van der Waals surface area (Å²) >= 11 is 1.85. The number of thiophene rings is 1. The van der Waals surface area contributed by atoms with Crippen LogP contribution < -0.4 is 0 Å². The van der Waals surface area contributed by atoms with Gasteiger partial charge in [0.05, 0.1) is 0 Å². The zero-order valence-corrected chi connectivity index (χ0v) is 8.59. The third-order valence-corrected chi connectivity index (χ3v) is 2.43. The van der Waals surface area contributed by atoms with Gasteiger partial charge >= 0.3 is 0 Å². The van der Waals surface area contributed by atoms with E-state index < -0.39 is 0 Å². The lowest BCUT2D eigenvalue weighted by molar-refractivity contribution is 0.412. The lowest BCUT2D eigenvalue weighted by Gasteiger charge is -2.16. The molecule has 1 rings (SSSR count). The molecule has 0 saturated heterocycles. The minimum atomic E-state index is 0.424. The summed E-state index contributed by atoms with van der Waals surface area (Å²) in [5.74, 6) is 0. The molecule has 1 heteroatoms. The molecule has 0 aromatic carbocycles.